The number of likely N-dealkylation sites (tertiary alicyclic amines) is 1. The largest absolute Gasteiger partial charge is 0.303 e. The van der Waals surface area contributed by atoms with Gasteiger partial charge in [-0.3, -0.25) is 0 Å². The molecule has 1 aliphatic rings. The summed E-state index contributed by atoms with van der Waals surface area (Å²) < 4.78 is 0. The van der Waals surface area contributed by atoms with Gasteiger partial charge >= 0.3 is 0 Å². The fraction of sp³-hybridized carbons (Fsp3) is 1.00. The highest BCUT2D eigenvalue weighted by Crippen LogP contribution is 2.21. The zero-order valence-corrected chi connectivity index (χ0v) is 9.06. The van der Waals surface area contributed by atoms with Crippen molar-refractivity contribution < 1.29 is 0 Å². The summed E-state index contributed by atoms with van der Waals surface area (Å²) in [7, 11) is 0. The summed E-state index contributed by atoms with van der Waals surface area (Å²) in [5.74, 6) is 0.918. The van der Waals surface area contributed by atoms with Crippen LogP contribution in [0, 0.1) is 11.3 Å². The van der Waals surface area contributed by atoms with Crippen molar-refractivity contribution in [2.75, 3.05) is 19.6 Å². The maximum absolute atomic E-state index is 2.62. The fourth-order valence-corrected chi connectivity index (χ4v) is 2.10. The monoisotopic (exact) mass is 169 g/mol. The zero-order chi connectivity index (χ0) is 9.19. The summed E-state index contributed by atoms with van der Waals surface area (Å²) in [4.78, 5) is 2.62. The molecule has 0 spiro atoms. The van der Waals surface area contributed by atoms with Crippen molar-refractivity contribution >= 4 is 0 Å². The van der Waals surface area contributed by atoms with E-state index >= 15 is 0 Å². The van der Waals surface area contributed by atoms with E-state index in [4.69, 9.17) is 0 Å². The minimum absolute atomic E-state index is 0.469. The molecule has 1 rings (SSSR count). The fourth-order valence-electron chi connectivity index (χ4n) is 2.10. The Kier molecular flexibility index (Phi) is 3.16. The van der Waals surface area contributed by atoms with Gasteiger partial charge in [0.2, 0.25) is 0 Å². The first-order valence-electron chi connectivity index (χ1n) is 5.20. The summed E-state index contributed by atoms with van der Waals surface area (Å²) >= 11 is 0. The summed E-state index contributed by atoms with van der Waals surface area (Å²) in [5.41, 5.74) is 0.469. The van der Waals surface area contributed by atoms with Crippen molar-refractivity contribution in [2.24, 2.45) is 11.3 Å². The lowest BCUT2D eigenvalue weighted by atomic mass is 9.93. The second kappa shape index (κ2) is 3.78. The second-order valence-corrected chi connectivity index (χ2v) is 5.54. The highest BCUT2D eigenvalue weighted by atomic mass is 15.1. The van der Waals surface area contributed by atoms with Crippen LogP contribution in [-0.2, 0) is 0 Å². The molecule has 0 bridgehead atoms. The molecule has 0 N–H and O–H groups in total. The number of piperidine rings is 1. The van der Waals surface area contributed by atoms with Crippen LogP contribution in [0.2, 0.25) is 0 Å². The van der Waals surface area contributed by atoms with Crippen LogP contribution in [0.1, 0.15) is 40.5 Å². The van der Waals surface area contributed by atoms with E-state index in [0.717, 1.165) is 5.92 Å². The summed E-state index contributed by atoms with van der Waals surface area (Å²) in [6.45, 7) is 13.2. The Bertz CT molecular complexity index is 134. The van der Waals surface area contributed by atoms with Crippen molar-refractivity contribution in [1.82, 2.24) is 4.90 Å². The van der Waals surface area contributed by atoms with Gasteiger partial charge in [0, 0.05) is 13.1 Å². The van der Waals surface area contributed by atoms with Gasteiger partial charge in [0.25, 0.3) is 0 Å². The predicted octanol–water partition coefficient (Wildman–Crippen LogP) is 2.76. The van der Waals surface area contributed by atoms with Crippen molar-refractivity contribution in [1.29, 1.82) is 0 Å². The topological polar surface area (TPSA) is 3.24 Å². The van der Waals surface area contributed by atoms with E-state index in [1.807, 2.05) is 0 Å². The second-order valence-electron chi connectivity index (χ2n) is 5.54. The van der Waals surface area contributed by atoms with E-state index < -0.39 is 0 Å². The highest BCUT2D eigenvalue weighted by molar-refractivity contribution is 4.74. The molecule has 0 amide bonds. The minimum atomic E-state index is 0.469. The molecule has 1 aliphatic heterocycles. The maximum Gasteiger partial charge on any atom is 0.00302 e. The molecule has 0 saturated carbocycles. The Hall–Kier alpha value is -0.0400. The Morgan fingerprint density at radius 1 is 1.33 bits per heavy atom. The van der Waals surface area contributed by atoms with Crippen molar-refractivity contribution in [3.8, 4) is 0 Å². The van der Waals surface area contributed by atoms with Crippen LogP contribution in [0.4, 0.5) is 0 Å². The predicted molar refractivity (Wildman–Crippen MR) is 54.3 cm³/mol. The normalized spacial score (nSPS) is 27.5. The molecule has 0 aromatic carbocycles. The molecular formula is C11H23N. The van der Waals surface area contributed by atoms with Gasteiger partial charge in [0.15, 0.2) is 0 Å². The quantitative estimate of drug-likeness (QED) is 0.583. The number of nitrogens with zero attached hydrogens (tertiary/aromatic N) is 1. The lowest BCUT2D eigenvalue weighted by Gasteiger charge is -2.35. The number of hydrogen-bond donors (Lipinski definition) is 0. The first-order valence-corrected chi connectivity index (χ1v) is 5.20. The zero-order valence-electron chi connectivity index (χ0n) is 9.06. The molecule has 1 fully saturated rings. The molecule has 0 aromatic heterocycles. The molecule has 0 radical (unpaired) electrons. The molecule has 0 aromatic rings. The van der Waals surface area contributed by atoms with Crippen LogP contribution in [0.3, 0.4) is 0 Å². The van der Waals surface area contributed by atoms with E-state index in [9.17, 15) is 0 Å². The molecule has 12 heavy (non-hydrogen) atoms. The third-order valence-corrected chi connectivity index (χ3v) is 2.44. The van der Waals surface area contributed by atoms with E-state index in [2.05, 4.69) is 32.6 Å². The minimum Gasteiger partial charge on any atom is -0.303 e. The third-order valence-electron chi connectivity index (χ3n) is 2.44. The van der Waals surface area contributed by atoms with Crippen LogP contribution in [0.25, 0.3) is 0 Å². The molecule has 0 aliphatic carbocycles. The van der Waals surface area contributed by atoms with Gasteiger partial charge in [-0.15, -0.1) is 0 Å². The summed E-state index contributed by atoms with van der Waals surface area (Å²) in [6, 6.07) is 0. The van der Waals surface area contributed by atoms with Crippen LogP contribution < -0.4 is 0 Å². The highest BCUT2D eigenvalue weighted by Gasteiger charge is 2.20. The number of hydrogen-bond acceptors (Lipinski definition) is 1. The Morgan fingerprint density at radius 2 is 2.00 bits per heavy atom. The van der Waals surface area contributed by atoms with Crippen molar-refractivity contribution in [2.45, 2.75) is 40.5 Å². The van der Waals surface area contributed by atoms with Gasteiger partial charge in [-0.2, -0.15) is 0 Å². The molecule has 1 heterocycles. The van der Waals surface area contributed by atoms with Crippen molar-refractivity contribution in [3.63, 3.8) is 0 Å². The van der Waals surface area contributed by atoms with E-state index in [1.165, 1.54) is 32.5 Å². The van der Waals surface area contributed by atoms with Gasteiger partial charge in [0.1, 0.15) is 0 Å². The van der Waals surface area contributed by atoms with Gasteiger partial charge in [-0.1, -0.05) is 27.7 Å². The summed E-state index contributed by atoms with van der Waals surface area (Å²) in [6.07, 6.45) is 2.83. The molecule has 72 valence electrons. The average Bonchev–Trinajstić information content (AvgIpc) is 1.82. The third kappa shape index (κ3) is 3.57. The smallest absolute Gasteiger partial charge is 0.00302 e. The Morgan fingerprint density at radius 3 is 2.50 bits per heavy atom. The van der Waals surface area contributed by atoms with Crippen LogP contribution in [0.15, 0.2) is 0 Å². The lowest BCUT2D eigenvalue weighted by Crippen LogP contribution is -2.39. The molecule has 1 saturated heterocycles. The van der Waals surface area contributed by atoms with Gasteiger partial charge in [0.05, 0.1) is 0 Å². The van der Waals surface area contributed by atoms with Gasteiger partial charge in [-0.05, 0) is 30.7 Å². The molecule has 1 nitrogen and oxygen atoms in total. The van der Waals surface area contributed by atoms with Crippen LogP contribution in [-0.4, -0.2) is 24.5 Å². The van der Waals surface area contributed by atoms with Gasteiger partial charge < -0.3 is 4.90 Å². The molecule has 1 heteroatoms. The summed E-state index contributed by atoms with van der Waals surface area (Å²) in [5, 5.41) is 0. The average molecular weight is 169 g/mol. The first-order chi connectivity index (χ1) is 5.47. The first kappa shape index (κ1) is 10.0. The standard InChI is InChI=1S/C11H23N/c1-10-6-5-7-12(8-10)9-11(2,3)4/h10H,5-9H2,1-4H3. The van der Waals surface area contributed by atoms with E-state index in [1.54, 1.807) is 0 Å². The maximum atomic E-state index is 2.62. The van der Waals surface area contributed by atoms with Gasteiger partial charge in [-0.25, -0.2) is 0 Å². The molecule has 1 unspecified atom stereocenters. The van der Waals surface area contributed by atoms with Crippen molar-refractivity contribution in [3.05, 3.63) is 0 Å². The Labute approximate surface area is 77.1 Å². The Balaban J connectivity index is 2.32. The van der Waals surface area contributed by atoms with Crippen LogP contribution >= 0.6 is 0 Å². The van der Waals surface area contributed by atoms with E-state index in [0.29, 0.717) is 5.41 Å². The van der Waals surface area contributed by atoms with Crippen LogP contribution in [0.5, 0.6) is 0 Å². The number of rotatable bonds is 1. The van der Waals surface area contributed by atoms with E-state index in [-0.39, 0.29) is 0 Å². The lowest BCUT2D eigenvalue weighted by molar-refractivity contribution is 0.134. The molecular weight excluding hydrogens is 146 g/mol. The molecule has 1 atom stereocenters. The SMILES string of the molecule is CC1CCCN(CC(C)(C)C)C1.